The van der Waals surface area contributed by atoms with E-state index in [1.54, 1.807) is 30.9 Å². The number of carbonyl (C=O) groups is 5. The van der Waals surface area contributed by atoms with Crippen LogP contribution in [-0.4, -0.2) is 111 Å². The number of imide groups is 2. The lowest BCUT2D eigenvalue weighted by Gasteiger charge is -2.36. The molecule has 0 radical (unpaired) electrons. The number of anilines is 3. The summed E-state index contributed by atoms with van der Waals surface area (Å²) in [4.78, 5) is 73.5. The van der Waals surface area contributed by atoms with E-state index in [4.69, 9.17) is 9.40 Å². The zero-order valence-corrected chi connectivity index (χ0v) is 33.4. The first kappa shape index (κ1) is 40.2. The van der Waals surface area contributed by atoms with Crippen LogP contribution >= 0.6 is 0 Å². The van der Waals surface area contributed by atoms with Crippen molar-refractivity contribution in [1.82, 2.24) is 40.0 Å². The second-order valence-electron chi connectivity index (χ2n) is 15.3. The number of fused-ring (bicyclic) bond motifs is 2. The number of piperazine rings is 1. The summed E-state index contributed by atoms with van der Waals surface area (Å²) < 4.78 is 7.33. The number of piperidine rings is 1. The fourth-order valence-corrected chi connectivity index (χ4v) is 8.10. The molecule has 0 aliphatic carbocycles. The van der Waals surface area contributed by atoms with Crippen LogP contribution in [0.4, 0.5) is 17.2 Å². The van der Waals surface area contributed by atoms with Gasteiger partial charge in [0.1, 0.15) is 29.6 Å². The summed E-state index contributed by atoms with van der Waals surface area (Å²) in [6.07, 6.45) is 11.8. The van der Waals surface area contributed by atoms with Crippen LogP contribution in [0.3, 0.4) is 0 Å². The van der Waals surface area contributed by atoms with Crippen molar-refractivity contribution in [1.29, 1.82) is 0 Å². The molecule has 6 heterocycles. The topological polar surface area (TPSA) is 199 Å². The van der Waals surface area contributed by atoms with Crippen LogP contribution in [0.5, 0.6) is 0 Å². The number of carbonyl (C=O) groups excluding carboxylic acids is 5. The van der Waals surface area contributed by atoms with Crippen molar-refractivity contribution in [2.24, 2.45) is 0 Å². The Morgan fingerprint density at radius 2 is 1.67 bits per heavy atom. The third-order valence-corrected chi connectivity index (χ3v) is 11.4. The molecule has 3 aliphatic heterocycles. The van der Waals surface area contributed by atoms with Crippen LogP contribution in [0.2, 0.25) is 0 Å². The van der Waals surface area contributed by atoms with Gasteiger partial charge in [0.25, 0.3) is 11.8 Å². The van der Waals surface area contributed by atoms with Crippen LogP contribution in [0.1, 0.15) is 77.8 Å². The second-order valence-corrected chi connectivity index (χ2v) is 15.3. The molecule has 5 amide bonds. The monoisotopic (exact) mass is 815 g/mol. The molecule has 5 aromatic rings. The molecule has 3 aromatic heterocycles. The van der Waals surface area contributed by atoms with E-state index in [1.807, 2.05) is 16.5 Å². The molecule has 17 heteroatoms. The lowest BCUT2D eigenvalue weighted by molar-refractivity contribution is -0.136. The minimum Gasteiger partial charge on any atom is -0.467 e. The highest BCUT2D eigenvalue weighted by atomic mass is 16.3. The summed E-state index contributed by atoms with van der Waals surface area (Å²) in [7, 11) is 0. The van der Waals surface area contributed by atoms with Gasteiger partial charge in [-0.25, -0.2) is 4.98 Å². The Kier molecular flexibility index (Phi) is 12.4. The van der Waals surface area contributed by atoms with E-state index in [0.717, 1.165) is 86.1 Å². The maximum atomic E-state index is 13.3. The maximum absolute atomic E-state index is 13.3. The highest BCUT2D eigenvalue weighted by Crippen LogP contribution is 2.32. The molecule has 2 fully saturated rings. The van der Waals surface area contributed by atoms with Gasteiger partial charge in [0.05, 0.1) is 36.7 Å². The molecule has 1 unspecified atom stereocenters. The standard InChI is InChI=1S/C43H49N11O6/c55-36-17-16-34(41(57)49-36)54-42(58)32-10-7-11-33(38(32)43(54)59)45-27-37(56)44-18-5-3-1-2-4-6-19-51-20-22-52(23-21-51)30-14-12-29(13-15-30)39-40-50-48-28-53(40)35(26-47-39)46-25-31-9-8-24-60-31/h7-15,24,26,28,34,45-46H,1-6,16-23,25,27H2,(H,44,56)(H,49,55,57). The molecule has 0 spiro atoms. The van der Waals surface area contributed by atoms with E-state index >= 15 is 0 Å². The number of amides is 5. The van der Waals surface area contributed by atoms with Crippen molar-refractivity contribution in [3.05, 3.63) is 90.3 Å². The summed E-state index contributed by atoms with van der Waals surface area (Å²) in [5.74, 6) is -0.888. The van der Waals surface area contributed by atoms with Gasteiger partial charge in [-0.15, -0.1) is 10.2 Å². The smallest absolute Gasteiger partial charge is 0.264 e. The number of hydrogen-bond acceptors (Lipinski definition) is 13. The van der Waals surface area contributed by atoms with E-state index in [1.165, 1.54) is 24.6 Å². The van der Waals surface area contributed by atoms with Gasteiger partial charge >= 0.3 is 0 Å². The molecule has 17 nitrogen and oxygen atoms in total. The first-order chi connectivity index (χ1) is 29.3. The largest absolute Gasteiger partial charge is 0.467 e. The molecule has 1 atom stereocenters. The number of hydrogen-bond donors (Lipinski definition) is 4. The number of nitrogens with zero attached hydrogens (tertiary/aromatic N) is 7. The predicted octanol–water partition coefficient (Wildman–Crippen LogP) is 4.09. The first-order valence-electron chi connectivity index (χ1n) is 20.7. The van der Waals surface area contributed by atoms with E-state index in [0.29, 0.717) is 24.4 Å². The van der Waals surface area contributed by atoms with Gasteiger partial charge in [-0.05, 0) is 62.2 Å². The second kappa shape index (κ2) is 18.5. The molecule has 0 saturated carbocycles. The van der Waals surface area contributed by atoms with Gasteiger partial charge in [-0.1, -0.05) is 43.9 Å². The van der Waals surface area contributed by atoms with Gasteiger partial charge in [0.2, 0.25) is 17.7 Å². The van der Waals surface area contributed by atoms with E-state index in [2.05, 4.69) is 65.5 Å². The number of unbranched alkanes of at least 4 members (excludes halogenated alkanes) is 5. The van der Waals surface area contributed by atoms with Crippen LogP contribution in [0.15, 0.2) is 77.8 Å². The highest BCUT2D eigenvalue weighted by molar-refractivity contribution is 6.25. The minimum absolute atomic E-state index is 0.0476. The van der Waals surface area contributed by atoms with E-state index < -0.39 is 29.7 Å². The Morgan fingerprint density at radius 1 is 0.867 bits per heavy atom. The lowest BCUT2D eigenvalue weighted by atomic mass is 10.0. The van der Waals surface area contributed by atoms with Crippen LogP contribution in [0.25, 0.3) is 16.9 Å². The number of aromatic nitrogens is 4. The normalized spacial score (nSPS) is 17.0. The molecule has 2 saturated heterocycles. The molecule has 8 rings (SSSR count). The number of rotatable bonds is 18. The third kappa shape index (κ3) is 9.00. The van der Waals surface area contributed by atoms with Gasteiger partial charge in [0, 0.05) is 56.1 Å². The maximum Gasteiger partial charge on any atom is 0.264 e. The average Bonchev–Trinajstić information content (AvgIpc) is 4.03. The first-order valence-corrected chi connectivity index (χ1v) is 20.7. The molecular formula is C43H49N11O6. The average molecular weight is 816 g/mol. The molecule has 312 valence electrons. The molecule has 2 aromatic carbocycles. The summed E-state index contributed by atoms with van der Waals surface area (Å²) in [5, 5.41) is 19.9. The van der Waals surface area contributed by atoms with Crippen LogP contribution in [-0.2, 0) is 20.9 Å². The van der Waals surface area contributed by atoms with Crippen LogP contribution in [0, 0.1) is 0 Å². The Hall–Kier alpha value is -6.62. The SMILES string of the molecule is O=C(CNc1cccc2c1C(=O)N(C1CCC(=O)NC1=O)C2=O)NCCCCCCCCN1CCN(c2ccc(-c3ncc(NCc4ccco4)n4cnnc34)cc2)CC1. The molecule has 0 bridgehead atoms. The lowest BCUT2D eigenvalue weighted by Crippen LogP contribution is -2.54. The van der Waals surface area contributed by atoms with Crippen molar-refractivity contribution in [2.75, 3.05) is 61.3 Å². The fourth-order valence-electron chi connectivity index (χ4n) is 8.10. The van der Waals surface area contributed by atoms with Gasteiger partial charge in [0.15, 0.2) is 5.65 Å². The minimum atomic E-state index is -1.05. The number of benzene rings is 2. The van der Waals surface area contributed by atoms with E-state index in [9.17, 15) is 24.0 Å². The summed E-state index contributed by atoms with van der Waals surface area (Å²) >= 11 is 0. The van der Waals surface area contributed by atoms with Gasteiger partial charge in [-0.2, -0.15) is 0 Å². The van der Waals surface area contributed by atoms with Gasteiger partial charge in [-0.3, -0.25) is 43.5 Å². The summed E-state index contributed by atoms with van der Waals surface area (Å²) in [6, 6.07) is 16.1. The van der Waals surface area contributed by atoms with E-state index in [-0.39, 0.29) is 36.4 Å². The zero-order valence-electron chi connectivity index (χ0n) is 33.4. The van der Waals surface area contributed by atoms with Crippen molar-refractivity contribution in [3.8, 4) is 11.3 Å². The summed E-state index contributed by atoms with van der Waals surface area (Å²) in [5.41, 5.74) is 4.31. The highest BCUT2D eigenvalue weighted by Gasteiger charge is 2.45. The van der Waals surface area contributed by atoms with Crippen molar-refractivity contribution < 1.29 is 28.4 Å². The van der Waals surface area contributed by atoms with Crippen molar-refractivity contribution in [2.45, 2.75) is 64.0 Å². The third-order valence-electron chi connectivity index (χ3n) is 11.4. The predicted molar refractivity (Wildman–Crippen MR) is 223 cm³/mol. The zero-order chi connectivity index (χ0) is 41.4. The molecular weight excluding hydrogens is 767 g/mol. The number of nitrogens with one attached hydrogen (secondary N) is 4. The Morgan fingerprint density at radius 3 is 2.45 bits per heavy atom. The van der Waals surface area contributed by atoms with Gasteiger partial charge < -0.3 is 25.3 Å². The Balaban J connectivity index is 0.684. The van der Waals surface area contributed by atoms with Crippen molar-refractivity contribution in [3.63, 3.8) is 0 Å². The Labute approximate surface area is 346 Å². The summed E-state index contributed by atoms with van der Waals surface area (Å²) in [6.45, 7) is 6.16. The number of furan rings is 1. The Bertz CT molecular complexity index is 2340. The fraction of sp³-hybridized carbons (Fsp3) is 0.395. The quantitative estimate of drug-likeness (QED) is 0.0730. The van der Waals surface area contributed by atoms with Crippen molar-refractivity contribution >= 4 is 52.4 Å². The molecule has 4 N–H and O–H groups in total. The molecule has 3 aliphatic rings. The van der Waals surface area contributed by atoms with Crippen LogP contribution < -0.4 is 26.2 Å². The molecule has 60 heavy (non-hydrogen) atoms.